The highest BCUT2D eigenvalue weighted by atomic mass is 16.5. The van der Waals surface area contributed by atoms with Crippen molar-refractivity contribution in [1.29, 1.82) is 0 Å². The summed E-state index contributed by atoms with van der Waals surface area (Å²) in [5.41, 5.74) is 1.15. The molecule has 1 amide bonds. The van der Waals surface area contributed by atoms with E-state index in [0.29, 0.717) is 18.9 Å². The summed E-state index contributed by atoms with van der Waals surface area (Å²) in [5, 5.41) is 12.4. The fourth-order valence-electron chi connectivity index (χ4n) is 2.66. The molecule has 4 nitrogen and oxygen atoms in total. The molecule has 0 aromatic heterocycles. The van der Waals surface area contributed by atoms with Crippen LogP contribution in [0.25, 0.3) is 0 Å². The molecule has 1 fully saturated rings. The molecule has 0 heterocycles. The first-order chi connectivity index (χ1) is 10.1. The van der Waals surface area contributed by atoms with Crippen LogP contribution in [0.4, 0.5) is 0 Å². The molecule has 1 saturated carbocycles. The molecule has 0 aliphatic heterocycles. The number of carbonyl (C=O) groups is 1. The number of aryl methyl sites for hydroxylation is 1. The molecule has 0 unspecified atom stereocenters. The van der Waals surface area contributed by atoms with Gasteiger partial charge in [0.05, 0.1) is 19.1 Å². The Morgan fingerprint density at radius 2 is 2.10 bits per heavy atom. The highest BCUT2D eigenvalue weighted by Gasteiger charge is 2.19. The Morgan fingerprint density at radius 3 is 2.81 bits per heavy atom. The Morgan fingerprint density at radius 1 is 1.33 bits per heavy atom. The summed E-state index contributed by atoms with van der Waals surface area (Å²) < 4.78 is 5.57. The number of rotatable bonds is 6. The van der Waals surface area contributed by atoms with E-state index in [1.165, 1.54) is 0 Å². The van der Waals surface area contributed by atoms with Gasteiger partial charge in [-0.3, -0.25) is 4.79 Å². The standard InChI is InChI=1S/C17H25NO3/c1-13-3-2-4-16(11-13)21-10-9-17(20)18-12-14-5-7-15(19)8-6-14/h2-4,11,14-15,19H,5-10,12H2,1H3,(H,18,20). The lowest BCUT2D eigenvalue weighted by atomic mass is 9.87. The SMILES string of the molecule is Cc1cccc(OCCC(=O)NCC2CCC(O)CC2)c1. The van der Waals surface area contributed by atoms with Gasteiger partial charge < -0.3 is 15.2 Å². The van der Waals surface area contributed by atoms with Gasteiger partial charge in [-0.25, -0.2) is 0 Å². The first kappa shape index (κ1) is 15.8. The summed E-state index contributed by atoms with van der Waals surface area (Å²) in [5.74, 6) is 1.35. The molecule has 2 N–H and O–H groups in total. The Labute approximate surface area is 126 Å². The van der Waals surface area contributed by atoms with E-state index in [-0.39, 0.29) is 12.0 Å². The van der Waals surface area contributed by atoms with E-state index >= 15 is 0 Å². The molecule has 2 rings (SSSR count). The molecule has 1 aromatic rings. The van der Waals surface area contributed by atoms with Crippen molar-refractivity contribution in [2.75, 3.05) is 13.2 Å². The van der Waals surface area contributed by atoms with E-state index in [2.05, 4.69) is 5.32 Å². The minimum absolute atomic E-state index is 0.0359. The predicted octanol–water partition coefficient (Wildman–Crippen LogP) is 2.43. The number of amides is 1. The van der Waals surface area contributed by atoms with Crippen LogP contribution in [0.1, 0.15) is 37.7 Å². The largest absolute Gasteiger partial charge is 0.493 e. The van der Waals surface area contributed by atoms with E-state index in [1.807, 2.05) is 31.2 Å². The van der Waals surface area contributed by atoms with Crippen molar-refractivity contribution < 1.29 is 14.6 Å². The summed E-state index contributed by atoms with van der Waals surface area (Å²) in [6.45, 7) is 3.13. The Hall–Kier alpha value is -1.55. The Kier molecular flexibility index (Phi) is 6.05. The Bertz CT molecular complexity index is 453. The topological polar surface area (TPSA) is 58.6 Å². The van der Waals surface area contributed by atoms with Crippen molar-refractivity contribution in [2.45, 2.75) is 45.1 Å². The van der Waals surface area contributed by atoms with Crippen molar-refractivity contribution in [3.8, 4) is 5.75 Å². The van der Waals surface area contributed by atoms with Crippen LogP contribution in [0.3, 0.4) is 0 Å². The van der Waals surface area contributed by atoms with Gasteiger partial charge in [-0.05, 0) is 56.2 Å². The zero-order valence-electron chi connectivity index (χ0n) is 12.7. The molecule has 1 aromatic carbocycles. The third-order valence-corrected chi connectivity index (χ3v) is 3.99. The second-order valence-corrected chi connectivity index (χ2v) is 5.89. The normalized spacial score (nSPS) is 21.8. The van der Waals surface area contributed by atoms with E-state index in [0.717, 1.165) is 43.5 Å². The average Bonchev–Trinajstić information content (AvgIpc) is 2.47. The van der Waals surface area contributed by atoms with E-state index < -0.39 is 0 Å². The third-order valence-electron chi connectivity index (χ3n) is 3.99. The molecular weight excluding hydrogens is 266 g/mol. The van der Waals surface area contributed by atoms with Crippen LogP contribution in [-0.4, -0.2) is 30.3 Å². The van der Waals surface area contributed by atoms with Crippen LogP contribution in [0.5, 0.6) is 5.75 Å². The molecule has 4 heteroatoms. The molecule has 0 saturated heterocycles. The number of ether oxygens (including phenoxy) is 1. The molecule has 0 bridgehead atoms. The maximum Gasteiger partial charge on any atom is 0.223 e. The molecule has 116 valence electrons. The van der Waals surface area contributed by atoms with Crippen LogP contribution >= 0.6 is 0 Å². The van der Waals surface area contributed by atoms with E-state index in [9.17, 15) is 9.90 Å². The van der Waals surface area contributed by atoms with Crippen LogP contribution in [-0.2, 0) is 4.79 Å². The second-order valence-electron chi connectivity index (χ2n) is 5.89. The highest BCUT2D eigenvalue weighted by Crippen LogP contribution is 2.23. The van der Waals surface area contributed by atoms with Gasteiger partial charge in [-0.15, -0.1) is 0 Å². The molecule has 0 spiro atoms. The number of hydrogen-bond donors (Lipinski definition) is 2. The van der Waals surface area contributed by atoms with Crippen molar-refractivity contribution in [2.24, 2.45) is 5.92 Å². The quantitative estimate of drug-likeness (QED) is 0.846. The highest BCUT2D eigenvalue weighted by molar-refractivity contribution is 5.75. The Balaban J connectivity index is 1.59. The van der Waals surface area contributed by atoms with Crippen molar-refractivity contribution in [3.63, 3.8) is 0 Å². The summed E-state index contributed by atoms with van der Waals surface area (Å²) in [4.78, 5) is 11.8. The molecule has 1 aliphatic rings. The summed E-state index contributed by atoms with van der Waals surface area (Å²) in [7, 11) is 0. The van der Waals surface area contributed by atoms with E-state index in [4.69, 9.17) is 4.74 Å². The second kappa shape index (κ2) is 8.03. The first-order valence-corrected chi connectivity index (χ1v) is 7.77. The minimum Gasteiger partial charge on any atom is -0.493 e. The zero-order chi connectivity index (χ0) is 15.1. The van der Waals surface area contributed by atoms with Crippen molar-refractivity contribution in [3.05, 3.63) is 29.8 Å². The zero-order valence-corrected chi connectivity index (χ0v) is 12.7. The number of benzene rings is 1. The van der Waals surface area contributed by atoms with Crippen molar-refractivity contribution >= 4 is 5.91 Å². The lowest BCUT2D eigenvalue weighted by Crippen LogP contribution is -2.32. The number of nitrogens with one attached hydrogen (secondary N) is 1. The molecule has 21 heavy (non-hydrogen) atoms. The van der Waals surface area contributed by atoms with Gasteiger partial charge in [0.1, 0.15) is 5.75 Å². The monoisotopic (exact) mass is 291 g/mol. The minimum atomic E-state index is -0.139. The predicted molar refractivity (Wildman–Crippen MR) is 82.3 cm³/mol. The van der Waals surface area contributed by atoms with Crippen LogP contribution in [0.15, 0.2) is 24.3 Å². The van der Waals surface area contributed by atoms with Gasteiger partial charge in [0, 0.05) is 6.54 Å². The number of aliphatic hydroxyl groups is 1. The lowest BCUT2D eigenvalue weighted by Gasteiger charge is -2.25. The van der Waals surface area contributed by atoms with Gasteiger partial charge in [-0.1, -0.05) is 12.1 Å². The van der Waals surface area contributed by atoms with Gasteiger partial charge >= 0.3 is 0 Å². The summed E-state index contributed by atoms with van der Waals surface area (Å²) >= 11 is 0. The number of hydrogen-bond acceptors (Lipinski definition) is 3. The van der Waals surface area contributed by atoms with Crippen LogP contribution < -0.4 is 10.1 Å². The maximum absolute atomic E-state index is 11.8. The molecule has 0 atom stereocenters. The molecular formula is C17H25NO3. The van der Waals surface area contributed by atoms with Gasteiger partial charge in [0.2, 0.25) is 5.91 Å². The fraction of sp³-hybridized carbons (Fsp3) is 0.588. The van der Waals surface area contributed by atoms with E-state index in [1.54, 1.807) is 0 Å². The lowest BCUT2D eigenvalue weighted by molar-refractivity contribution is -0.121. The van der Waals surface area contributed by atoms with Crippen LogP contribution in [0.2, 0.25) is 0 Å². The third kappa shape index (κ3) is 5.76. The summed E-state index contributed by atoms with van der Waals surface area (Å²) in [6, 6.07) is 7.83. The van der Waals surface area contributed by atoms with Gasteiger partial charge in [0.15, 0.2) is 0 Å². The summed E-state index contributed by atoms with van der Waals surface area (Å²) in [6.07, 6.45) is 3.96. The van der Waals surface area contributed by atoms with Crippen molar-refractivity contribution in [1.82, 2.24) is 5.32 Å². The molecule has 1 aliphatic carbocycles. The van der Waals surface area contributed by atoms with Crippen LogP contribution in [0, 0.1) is 12.8 Å². The first-order valence-electron chi connectivity index (χ1n) is 7.77. The van der Waals surface area contributed by atoms with Gasteiger partial charge in [0.25, 0.3) is 0 Å². The number of aliphatic hydroxyl groups excluding tert-OH is 1. The smallest absolute Gasteiger partial charge is 0.223 e. The van der Waals surface area contributed by atoms with Gasteiger partial charge in [-0.2, -0.15) is 0 Å². The average molecular weight is 291 g/mol. The fourth-order valence-corrected chi connectivity index (χ4v) is 2.66. The number of carbonyl (C=O) groups excluding carboxylic acids is 1. The maximum atomic E-state index is 11.8. The molecule has 0 radical (unpaired) electrons.